The number of aliphatic carboxylic acids is 2. The van der Waals surface area contributed by atoms with Crippen LogP contribution in [0.2, 0.25) is 0 Å². The summed E-state index contributed by atoms with van der Waals surface area (Å²) in [6.07, 6.45) is 16.3. The molecular formula is C28H27FeN5O6. The Labute approximate surface area is 245 Å². The first-order valence-corrected chi connectivity index (χ1v) is 12.1. The second-order valence-electron chi connectivity index (χ2n) is 8.55. The number of nitrogens with one attached hydrogen (secondary N) is 2. The van der Waals surface area contributed by atoms with Crippen LogP contribution >= 0.6 is 0 Å². The van der Waals surface area contributed by atoms with E-state index in [9.17, 15) is 29.4 Å². The number of aromatic nitrogens is 2. The molecule has 2 N–H and O–H groups in total. The maximum absolute atomic E-state index is 12.3. The van der Waals surface area contributed by atoms with E-state index in [2.05, 4.69) is 20.6 Å². The minimum absolute atomic E-state index is 0. The van der Waals surface area contributed by atoms with Crippen molar-refractivity contribution in [3.63, 3.8) is 0 Å². The van der Waals surface area contributed by atoms with Crippen molar-refractivity contribution in [3.8, 4) is 0 Å². The number of carbonyl (C=O) groups excluding carboxylic acids is 4. The monoisotopic (exact) mass is 585 g/mol. The zero-order chi connectivity index (χ0) is 28.2. The van der Waals surface area contributed by atoms with Gasteiger partial charge in [0.25, 0.3) is 0 Å². The van der Waals surface area contributed by atoms with Crippen LogP contribution < -0.4 is 25.7 Å². The fourth-order valence-electron chi connectivity index (χ4n) is 3.52. The molecule has 0 unspecified atom stereocenters. The topological polar surface area (TPSA) is 167 Å². The van der Waals surface area contributed by atoms with Gasteiger partial charge in [-0.2, -0.15) is 4.98 Å². The van der Waals surface area contributed by atoms with Gasteiger partial charge in [0.05, 0.1) is 5.52 Å². The van der Waals surface area contributed by atoms with E-state index < -0.39 is 36.6 Å². The van der Waals surface area contributed by atoms with E-state index in [4.69, 9.17) is 0 Å². The summed E-state index contributed by atoms with van der Waals surface area (Å²) in [5.41, 5.74) is 1.22. The first-order chi connectivity index (χ1) is 18.7. The van der Waals surface area contributed by atoms with Gasteiger partial charge in [0.2, 0.25) is 17.8 Å². The average molecular weight is 585 g/mol. The van der Waals surface area contributed by atoms with Crippen LogP contribution in [0.25, 0.3) is 10.9 Å². The van der Waals surface area contributed by atoms with E-state index >= 15 is 0 Å². The largest absolute Gasteiger partial charge is 2.00 e. The number of hydrogen-bond acceptors (Lipinski definition) is 9. The summed E-state index contributed by atoms with van der Waals surface area (Å²) >= 11 is 0. The van der Waals surface area contributed by atoms with Crippen molar-refractivity contribution in [1.29, 1.82) is 0 Å². The number of carboxylic acid groups (broad SMARTS) is 2. The summed E-state index contributed by atoms with van der Waals surface area (Å²) in [6.45, 7) is 0.638. The number of carboxylic acids is 2. The molecule has 2 fully saturated rings. The van der Waals surface area contributed by atoms with Crippen molar-refractivity contribution in [2.24, 2.45) is 0 Å². The number of anilines is 3. The van der Waals surface area contributed by atoms with Gasteiger partial charge in [-0.3, -0.25) is 14.9 Å². The molecule has 2 saturated carbocycles. The van der Waals surface area contributed by atoms with Crippen molar-refractivity contribution in [2.75, 3.05) is 29.1 Å². The van der Waals surface area contributed by atoms with Gasteiger partial charge < -0.3 is 30.0 Å². The zero-order valence-electron chi connectivity index (χ0n) is 21.6. The Morgan fingerprint density at radius 3 is 1.88 bits per heavy atom. The Kier molecular flexibility index (Phi) is 13.8. The molecule has 1 aromatic carbocycles. The molecular weight excluding hydrogens is 558 g/mol. The fourth-order valence-corrected chi connectivity index (χ4v) is 3.52. The maximum atomic E-state index is 12.3. The maximum Gasteiger partial charge on any atom is 2.00 e. The molecule has 208 valence electrons. The van der Waals surface area contributed by atoms with Gasteiger partial charge in [-0.1, -0.05) is 0 Å². The summed E-state index contributed by atoms with van der Waals surface area (Å²) in [5.74, 6) is -2.91. The number of hydrogen-bond donors (Lipinski definition) is 2. The van der Waals surface area contributed by atoms with Gasteiger partial charge >= 0.3 is 17.1 Å². The van der Waals surface area contributed by atoms with Crippen molar-refractivity contribution in [3.05, 3.63) is 81.9 Å². The van der Waals surface area contributed by atoms with Crippen molar-refractivity contribution < 1.29 is 46.5 Å². The van der Waals surface area contributed by atoms with Gasteiger partial charge in [-0.25, -0.2) is 4.98 Å². The number of fused-ring (bicyclic) bond motifs is 1. The Hall–Kier alpha value is -3.24. The third kappa shape index (κ3) is 11.1. The molecule has 0 saturated heterocycles. The Morgan fingerprint density at radius 2 is 1.32 bits per heavy atom. The van der Waals surface area contributed by atoms with Crippen molar-refractivity contribution in [2.45, 2.75) is 25.7 Å². The molecule has 2 aromatic rings. The predicted octanol–water partition coefficient (Wildman–Crippen LogP) is 0.427. The van der Waals surface area contributed by atoms with Crippen LogP contribution in [-0.4, -0.2) is 47.3 Å². The molecule has 2 amide bonds. The van der Waals surface area contributed by atoms with Gasteiger partial charge in [0.1, 0.15) is 5.82 Å². The van der Waals surface area contributed by atoms with E-state index in [-0.39, 0.29) is 41.7 Å². The second kappa shape index (κ2) is 16.8. The van der Waals surface area contributed by atoms with Crippen molar-refractivity contribution in [1.82, 2.24) is 9.97 Å². The van der Waals surface area contributed by atoms with Gasteiger partial charge in [0.15, 0.2) is 0 Å². The van der Waals surface area contributed by atoms with Crippen LogP contribution in [0.3, 0.4) is 0 Å². The number of nitrogens with zero attached hydrogens (tertiary/aromatic N) is 3. The van der Waals surface area contributed by atoms with Crippen LogP contribution in [0.5, 0.6) is 0 Å². The molecule has 2 aliphatic rings. The van der Waals surface area contributed by atoms with Gasteiger partial charge in [0, 0.05) is 55.4 Å². The summed E-state index contributed by atoms with van der Waals surface area (Å²) in [5, 5.41) is 26.7. The molecule has 0 bridgehead atoms. The van der Waals surface area contributed by atoms with E-state index in [1.165, 1.54) is 0 Å². The minimum atomic E-state index is -1.37. The smallest absolute Gasteiger partial charge is 0.550 e. The van der Waals surface area contributed by atoms with Crippen LogP contribution in [-0.2, 0) is 36.2 Å². The minimum Gasteiger partial charge on any atom is -0.550 e. The summed E-state index contributed by atoms with van der Waals surface area (Å²) in [7, 11) is 1.90. The summed E-state index contributed by atoms with van der Waals surface area (Å²) in [6, 6.07) is 5.29. The quantitative estimate of drug-likeness (QED) is 0.356. The molecule has 10 radical (unpaired) electrons. The third-order valence-corrected chi connectivity index (χ3v) is 5.45. The van der Waals surface area contributed by atoms with Crippen LogP contribution in [0.4, 0.5) is 17.5 Å². The SMILES string of the molecule is CN(C[C]1[CH][CH][CH][CH]1)c1ccc2nc(NC(=O)CCC(=O)[O-])nc(NC(=O)CCC(=O)[O-])c2c1.[CH]1[CH][CH][CH][CH]1.[Fe+2]. The van der Waals surface area contributed by atoms with Crippen LogP contribution in [0.15, 0.2) is 18.2 Å². The normalized spacial score (nSPS) is 14.5. The predicted molar refractivity (Wildman–Crippen MR) is 140 cm³/mol. The first kappa shape index (κ1) is 33.0. The van der Waals surface area contributed by atoms with Crippen LogP contribution in [0.1, 0.15) is 25.7 Å². The molecule has 1 aromatic heterocycles. The number of benzene rings is 1. The molecule has 40 heavy (non-hydrogen) atoms. The average Bonchev–Trinajstić information content (AvgIpc) is 3.63. The molecule has 12 heteroatoms. The fraction of sp³-hybridized carbons (Fsp3) is 0.214. The third-order valence-electron chi connectivity index (χ3n) is 5.45. The molecule has 11 nitrogen and oxygen atoms in total. The Balaban J connectivity index is 0.000000840. The number of rotatable bonds is 11. The van der Waals surface area contributed by atoms with E-state index in [0.717, 1.165) is 11.6 Å². The Bertz CT molecular complexity index is 1160. The molecule has 0 spiro atoms. The molecule has 4 rings (SSSR count). The summed E-state index contributed by atoms with van der Waals surface area (Å²) in [4.78, 5) is 56.0. The Morgan fingerprint density at radius 1 is 0.775 bits per heavy atom. The standard InChI is InChI=1S/C23H24N5O6.C5H5.Fe/c1-28(13-14-4-2-3-5-14)15-6-7-17-16(12-15)22(25-18(29)8-10-20(31)32)27-23(24-17)26-19(30)9-11-21(33)34;1-2-4-5-3-1;/h2-7,12H,8-11,13H2,1H3,(H,31,32)(H,33,34)(H2,24,25,26,27,29,30);1-5H;/q;;+2/p-2. The zero-order valence-corrected chi connectivity index (χ0v) is 22.7. The summed E-state index contributed by atoms with van der Waals surface area (Å²) < 4.78 is 0. The molecule has 2 aliphatic carbocycles. The number of amides is 2. The van der Waals surface area contributed by atoms with E-state index in [0.29, 0.717) is 17.4 Å². The van der Waals surface area contributed by atoms with E-state index in [1.807, 2.05) is 75.8 Å². The second-order valence-corrected chi connectivity index (χ2v) is 8.55. The molecule has 1 heterocycles. The van der Waals surface area contributed by atoms with Gasteiger partial charge in [-0.15, -0.1) is 0 Å². The first-order valence-electron chi connectivity index (χ1n) is 12.1. The van der Waals surface area contributed by atoms with Gasteiger partial charge in [-0.05, 0) is 88.8 Å². The van der Waals surface area contributed by atoms with Crippen LogP contribution in [0, 0.1) is 63.7 Å². The molecule has 0 atom stereocenters. The number of carbonyl (C=O) groups is 4. The van der Waals surface area contributed by atoms with E-state index in [1.54, 1.807) is 12.1 Å². The van der Waals surface area contributed by atoms with Crippen molar-refractivity contribution >= 4 is 52.1 Å². The molecule has 0 aliphatic heterocycles.